The lowest BCUT2D eigenvalue weighted by atomic mass is 10.1. The Kier molecular flexibility index (Phi) is 4.57. The third-order valence-electron chi connectivity index (χ3n) is 3.78. The van der Waals surface area contributed by atoms with Crippen molar-refractivity contribution in [2.45, 2.75) is 18.6 Å². The molecule has 0 unspecified atom stereocenters. The summed E-state index contributed by atoms with van der Waals surface area (Å²) >= 11 is 0. The lowest BCUT2D eigenvalue weighted by Crippen LogP contribution is -2.40. The van der Waals surface area contributed by atoms with Crippen molar-refractivity contribution in [2.24, 2.45) is 7.05 Å². The van der Waals surface area contributed by atoms with E-state index >= 15 is 0 Å². The predicted octanol–water partition coefficient (Wildman–Crippen LogP) is 1.58. The number of amides is 1. The number of nitrogens with zero attached hydrogens (tertiary/aromatic N) is 2. The van der Waals surface area contributed by atoms with Crippen LogP contribution < -0.4 is 10.1 Å². The average Bonchev–Trinajstić information content (AvgIpc) is 3.15. The number of rotatable bonds is 5. The van der Waals surface area contributed by atoms with Crippen LogP contribution in [0.4, 0.5) is 4.39 Å². The second kappa shape index (κ2) is 6.78. The van der Waals surface area contributed by atoms with Crippen LogP contribution in [0.15, 0.2) is 36.5 Å². The third kappa shape index (κ3) is 3.50. The van der Waals surface area contributed by atoms with Crippen LogP contribution in [0.5, 0.6) is 5.75 Å². The molecule has 0 radical (unpaired) electrons. The molecule has 3 rings (SSSR count). The van der Waals surface area contributed by atoms with E-state index in [0.29, 0.717) is 13.0 Å². The van der Waals surface area contributed by atoms with E-state index in [2.05, 4.69) is 10.4 Å². The molecule has 0 saturated carbocycles. The highest BCUT2D eigenvalue weighted by Gasteiger charge is 2.32. The second-order valence-corrected chi connectivity index (χ2v) is 5.35. The molecule has 1 aliphatic rings. The monoisotopic (exact) mass is 319 g/mol. The standard InChI is InChI=1S/C16H18FN3O3/c1-20-13(6-8-18-20)16-12(7-9-22-16)19-15(21)10-23-14-5-3-2-4-11(14)17/h2-6,8,12,16H,7,9-10H2,1H3,(H,19,21)/t12-,16-/m0/s1. The number of aryl methyl sites for hydroxylation is 1. The van der Waals surface area contributed by atoms with Crippen molar-refractivity contribution >= 4 is 5.91 Å². The van der Waals surface area contributed by atoms with Gasteiger partial charge in [-0.3, -0.25) is 9.48 Å². The Morgan fingerprint density at radius 1 is 1.48 bits per heavy atom. The molecule has 0 bridgehead atoms. The van der Waals surface area contributed by atoms with E-state index in [1.54, 1.807) is 23.0 Å². The number of carbonyl (C=O) groups excluding carboxylic acids is 1. The van der Waals surface area contributed by atoms with Crippen LogP contribution in [0.1, 0.15) is 18.2 Å². The average molecular weight is 319 g/mol. The van der Waals surface area contributed by atoms with Crippen LogP contribution in [0.3, 0.4) is 0 Å². The minimum atomic E-state index is -0.489. The highest BCUT2D eigenvalue weighted by atomic mass is 19.1. The molecule has 122 valence electrons. The highest BCUT2D eigenvalue weighted by Crippen LogP contribution is 2.28. The largest absolute Gasteiger partial charge is 0.481 e. The molecule has 2 heterocycles. The molecule has 1 saturated heterocycles. The van der Waals surface area contributed by atoms with Crippen LogP contribution >= 0.6 is 0 Å². The molecular formula is C16H18FN3O3. The van der Waals surface area contributed by atoms with Gasteiger partial charge in [-0.2, -0.15) is 5.10 Å². The molecule has 1 aromatic heterocycles. The number of para-hydroxylation sites is 1. The second-order valence-electron chi connectivity index (χ2n) is 5.35. The molecule has 2 aromatic rings. The van der Waals surface area contributed by atoms with Crippen molar-refractivity contribution in [3.05, 3.63) is 48.0 Å². The minimum Gasteiger partial charge on any atom is -0.481 e. The molecule has 1 fully saturated rings. The first-order valence-corrected chi connectivity index (χ1v) is 7.41. The van der Waals surface area contributed by atoms with Crippen molar-refractivity contribution in [3.8, 4) is 5.75 Å². The maximum absolute atomic E-state index is 13.5. The van der Waals surface area contributed by atoms with E-state index in [0.717, 1.165) is 5.69 Å². The molecular weight excluding hydrogens is 301 g/mol. The fourth-order valence-corrected chi connectivity index (χ4v) is 2.65. The Bertz CT molecular complexity index is 689. The van der Waals surface area contributed by atoms with Gasteiger partial charge < -0.3 is 14.8 Å². The Balaban J connectivity index is 1.57. The quantitative estimate of drug-likeness (QED) is 0.909. The smallest absolute Gasteiger partial charge is 0.258 e. The fourth-order valence-electron chi connectivity index (χ4n) is 2.65. The number of benzene rings is 1. The summed E-state index contributed by atoms with van der Waals surface area (Å²) in [4.78, 5) is 12.0. The summed E-state index contributed by atoms with van der Waals surface area (Å²) in [7, 11) is 1.83. The van der Waals surface area contributed by atoms with E-state index < -0.39 is 5.82 Å². The third-order valence-corrected chi connectivity index (χ3v) is 3.78. The summed E-state index contributed by atoms with van der Waals surface area (Å²) in [6.45, 7) is 0.324. The van der Waals surface area contributed by atoms with Crippen LogP contribution in [0, 0.1) is 5.82 Å². The molecule has 23 heavy (non-hydrogen) atoms. The normalized spacial score (nSPS) is 20.4. The van der Waals surface area contributed by atoms with Crippen LogP contribution in [-0.2, 0) is 16.6 Å². The number of ether oxygens (including phenoxy) is 2. The Hall–Kier alpha value is -2.41. The lowest BCUT2D eigenvalue weighted by molar-refractivity contribution is -0.124. The van der Waals surface area contributed by atoms with Gasteiger partial charge in [0, 0.05) is 19.9 Å². The first kappa shape index (κ1) is 15.5. The zero-order valence-electron chi connectivity index (χ0n) is 12.7. The van der Waals surface area contributed by atoms with Gasteiger partial charge in [-0.05, 0) is 24.6 Å². The van der Waals surface area contributed by atoms with Crippen molar-refractivity contribution < 1.29 is 18.7 Å². The molecule has 0 spiro atoms. The van der Waals surface area contributed by atoms with E-state index in [-0.39, 0.29) is 30.4 Å². The number of aromatic nitrogens is 2. The maximum Gasteiger partial charge on any atom is 0.258 e. The van der Waals surface area contributed by atoms with Gasteiger partial charge in [-0.1, -0.05) is 12.1 Å². The van der Waals surface area contributed by atoms with Gasteiger partial charge in [0.05, 0.1) is 11.7 Å². The Morgan fingerprint density at radius 3 is 3.04 bits per heavy atom. The van der Waals surface area contributed by atoms with E-state index in [9.17, 15) is 9.18 Å². The maximum atomic E-state index is 13.5. The Morgan fingerprint density at radius 2 is 2.30 bits per heavy atom. The summed E-state index contributed by atoms with van der Waals surface area (Å²) in [5.74, 6) is -0.735. The van der Waals surface area contributed by atoms with E-state index in [1.807, 2.05) is 13.1 Å². The van der Waals surface area contributed by atoms with Crippen LogP contribution in [0.2, 0.25) is 0 Å². The van der Waals surface area contributed by atoms with Gasteiger partial charge in [0.2, 0.25) is 0 Å². The minimum absolute atomic E-state index is 0.0634. The molecule has 1 N–H and O–H groups in total. The summed E-state index contributed by atoms with van der Waals surface area (Å²) in [5, 5.41) is 7.00. The number of hydrogen-bond donors (Lipinski definition) is 1. The van der Waals surface area contributed by atoms with E-state index in [4.69, 9.17) is 9.47 Å². The van der Waals surface area contributed by atoms with Gasteiger partial charge in [-0.25, -0.2) is 4.39 Å². The molecule has 7 heteroatoms. The van der Waals surface area contributed by atoms with Crippen molar-refractivity contribution in [1.29, 1.82) is 0 Å². The van der Waals surface area contributed by atoms with Gasteiger partial charge in [0.25, 0.3) is 5.91 Å². The molecule has 2 atom stereocenters. The molecule has 1 aromatic carbocycles. The SMILES string of the molecule is Cn1nccc1[C@H]1OCC[C@@H]1NC(=O)COc1ccccc1F. The topological polar surface area (TPSA) is 65.4 Å². The first-order valence-electron chi connectivity index (χ1n) is 7.41. The fraction of sp³-hybridized carbons (Fsp3) is 0.375. The van der Waals surface area contributed by atoms with E-state index in [1.165, 1.54) is 12.1 Å². The van der Waals surface area contributed by atoms with Crippen molar-refractivity contribution in [3.63, 3.8) is 0 Å². The lowest BCUT2D eigenvalue weighted by Gasteiger charge is -2.20. The number of hydrogen-bond acceptors (Lipinski definition) is 4. The highest BCUT2D eigenvalue weighted by molar-refractivity contribution is 5.78. The van der Waals surface area contributed by atoms with Crippen molar-refractivity contribution in [2.75, 3.05) is 13.2 Å². The predicted molar refractivity (Wildman–Crippen MR) is 80.3 cm³/mol. The molecule has 1 amide bonds. The summed E-state index contributed by atoms with van der Waals surface area (Å²) in [6.07, 6.45) is 2.17. The zero-order valence-corrected chi connectivity index (χ0v) is 12.7. The molecule has 6 nitrogen and oxygen atoms in total. The van der Waals surface area contributed by atoms with Gasteiger partial charge in [0.15, 0.2) is 18.2 Å². The molecule has 1 aliphatic heterocycles. The summed E-state index contributed by atoms with van der Waals surface area (Å²) in [6, 6.07) is 7.71. The van der Waals surface area contributed by atoms with Crippen LogP contribution in [0.25, 0.3) is 0 Å². The summed E-state index contributed by atoms with van der Waals surface area (Å²) < 4.78 is 26.1. The van der Waals surface area contributed by atoms with Gasteiger partial charge >= 0.3 is 0 Å². The summed E-state index contributed by atoms with van der Waals surface area (Å²) in [5.41, 5.74) is 0.905. The van der Waals surface area contributed by atoms with Gasteiger partial charge in [0.1, 0.15) is 6.10 Å². The Labute approximate surface area is 133 Å². The van der Waals surface area contributed by atoms with Gasteiger partial charge in [-0.15, -0.1) is 0 Å². The van der Waals surface area contributed by atoms with Crippen molar-refractivity contribution in [1.82, 2.24) is 15.1 Å². The van der Waals surface area contributed by atoms with Crippen LogP contribution in [-0.4, -0.2) is 34.9 Å². The number of halogens is 1. The molecule has 0 aliphatic carbocycles. The zero-order chi connectivity index (χ0) is 16.2. The number of nitrogens with one attached hydrogen (secondary N) is 1. The first-order chi connectivity index (χ1) is 11.1. The number of carbonyl (C=O) groups is 1.